The van der Waals surface area contributed by atoms with E-state index < -0.39 is 6.10 Å². The molecule has 0 radical (unpaired) electrons. The molecule has 0 aromatic heterocycles. The summed E-state index contributed by atoms with van der Waals surface area (Å²) in [4.78, 5) is 38.4. The Hall–Kier alpha value is -2.37. The van der Waals surface area contributed by atoms with Crippen molar-refractivity contribution in [2.24, 2.45) is 0 Å². The van der Waals surface area contributed by atoms with Gasteiger partial charge in [-0.1, -0.05) is 372 Å². The van der Waals surface area contributed by atoms with Gasteiger partial charge in [0, 0.05) is 19.3 Å². The van der Waals surface area contributed by atoms with Gasteiger partial charge in [0.15, 0.2) is 6.10 Å². The van der Waals surface area contributed by atoms with Crippen LogP contribution in [-0.4, -0.2) is 37.2 Å². The maximum atomic E-state index is 12.9. The summed E-state index contributed by atoms with van der Waals surface area (Å²) in [5.74, 6) is -0.858. The summed E-state index contributed by atoms with van der Waals surface area (Å²) >= 11 is 0. The van der Waals surface area contributed by atoms with E-state index in [1.54, 1.807) is 0 Å². The molecule has 0 N–H and O–H groups in total. The van der Waals surface area contributed by atoms with Gasteiger partial charge in [-0.3, -0.25) is 14.4 Å². The average Bonchev–Trinajstić information content (AvgIpc) is 3.47. The number of carbonyl (C=O) groups excluding carboxylic acids is 3. The number of esters is 3. The molecule has 0 aromatic carbocycles. The van der Waals surface area contributed by atoms with Crippen molar-refractivity contribution in [2.45, 2.75) is 412 Å². The van der Waals surface area contributed by atoms with Crippen LogP contribution < -0.4 is 0 Å². The molecule has 6 nitrogen and oxygen atoms in total. The summed E-state index contributed by atoms with van der Waals surface area (Å²) < 4.78 is 17.0. The number of carbonyl (C=O) groups is 3. The molecule has 0 saturated heterocycles. The number of hydrogen-bond acceptors (Lipinski definition) is 6. The molecule has 0 aromatic rings. The third kappa shape index (κ3) is 68.3. The predicted octanol–water partition coefficient (Wildman–Crippen LogP) is 25.1. The first-order chi connectivity index (χ1) is 40.0. The molecule has 0 fully saturated rings. The molecule has 0 rings (SSSR count). The molecule has 0 heterocycles. The molecule has 81 heavy (non-hydrogen) atoms. The first kappa shape index (κ1) is 78.6. The number of allylic oxidation sites excluding steroid dienone is 6. The quantitative estimate of drug-likeness (QED) is 0.0261. The van der Waals surface area contributed by atoms with E-state index in [0.717, 1.165) is 96.3 Å². The fourth-order valence-electron chi connectivity index (χ4n) is 11.2. The Kier molecular flexibility index (Phi) is 68.1. The Bertz CT molecular complexity index is 1350. The minimum atomic E-state index is -0.777. The Balaban J connectivity index is 4.17. The molecule has 476 valence electrons. The van der Waals surface area contributed by atoms with Crippen molar-refractivity contribution in [1.82, 2.24) is 0 Å². The van der Waals surface area contributed by atoms with Crippen LogP contribution in [0.4, 0.5) is 0 Å². The average molecular weight is 1140 g/mol. The molecular weight excluding hydrogens is 997 g/mol. The summed E-state index contributed by atoms with van der Waals surface area (Å²) in [6.07, 6.45) is 87.7. The molecule has 0 aliphatic heterocycles. The molecular formula is C75H140O6. The van der Waals surface area contributed by atoms with Crippen LogP contribution in [0.5, 0.6) is 0 Å². The zero-order chi connectivity index (χ0) is 58.5. The van der Waals surface area contributed by atoms with Crippen LogP contribution in [0.3, 0.4) is 0 Å². The number of unbranched alkanes of at least 4 members (excludes halogenated alkanes) is 51. The molecule has 0 bridgehead atoms. The molecule has 0 aliphatic carbocycles. The van der Waals surface area contributed by atoms with Crippen LogP contribution in [0, 0.1) is 0 Å². The van der Waals surface area contributed by atoms with Gasteiger partial charge in [0.05, 0.1) is 0 Å². The van der Waals surface area contributed by atoms with Crippen LogP contribution in [0.25, 0.3) is 0 Å². The number of rotatable bonds is 68. The third-order valence-electron chi connectivity index (χ3n) is 16.7. The van der Waals surface area contributed by atoms with Crippen LogP contribution in [-0.2, 0) is 28.6 Å². The first-order valence-electron chi connectivity index (χ1n) is 36.5. The van der Waals surface area contributed by atoms with Crippen molar-refractivity contribution in [3.8, 4) is 0 Å². The molecule has 0 saturated carbocycles. The zero-order valence-electron chi connectivity index (χ0n) is 54.8. The predicted molar refractivity (Wildman–Crippen MR) is 353 cm³/mol. The summed E-state index contributed by atoms with van der Waals surface area (Å²) in [7, 11) is 0. The van der Waals surface area contributed by atoms with Gasteiger partial charge in [-0.25, -0.2) is 0 Å². The summed E-state index contributed by atoms with van der Waals surface area (Å²) in [6, 6.07) is 0. The fourth-order valence-corrected chi connectivity index (χ4v) is 11.2. The minimum absolute atomic E-state index is 0.0718. The highest BCUT2D eigenvalue weighted by atomic mass is 16.6. The van der Waals surface area contributed by atoms with Gasteiger partial charge in [-0.15, -0.1) is 0 Å². The Morgan fingerprint density at radius 1 is 0.259 bits per heavy atom. The second-order valence-corrected chi connectivity index (χ2v) is 24.8. The minimum Gasteiger partial charge on any atom is -0.462 e. The van der Waals surface area contributed by atoms with Crippen molar-refractivity contribution >= 4 is 17.9 Å². The molecule has 6 heteroatoms. The second kappa shape index (κ2) is 70.1. The van der Waals surface area contributed by atoms with Gasteiger partial charge in [-0.2, -0.15) is 0 Å². The van der Waals surface area contributed by atoms with Crippen LogP contribution >= 0.6 is 0 Å². The standard InChI is InChI=1S/C75H140O6/c1-4-7-10-13-16-19-22-25-28-30-32-33-34-35-36-37-38-39-40-41-42-43-45-47-50-53-56-59-62-65-68-74(77)80-71-72(70-79-73(76)67-64-61-58-55-52-49-46-27-24-21-18-15-12-9-6-3)81-75(78)69-66-63-60-57-54-51-48-44-31-29-26-23-20-17-14-11-8-5-2/h9,12,18,21,27,46,72H,4-8,10-11,13-17,19-20,22-26,28-45,47-71H2,1-3H3/b12-9-,21-18-,46-27-. The molecule has 1 atom stereocenters. The Morgan fingerprint density at radius 2 is 0.481 bits per heavy atom. The van der Waals surface area contributed by atoms with Gasteiger partial charge in [0.1, 0.15) is 13.2 Å². The van der Waals surface area contributed by atoms with E-state index in [4.69, 9.17) is 14.2 Å². The largest absolute Gasteiger partial charge is 0.462 e. The zero-order valence-corrected chi connectivity index (χ0v) is 54.8. The third-order valence-corrected chi connectivity index (χ3v) is 16.7. The van der Waals surface area contributed by atoms with E-state index in [0.29, 0.717) is 19.3 Å². The lowest BCUT2D eigenvalue weighted by atomic mass is 10.0. The molecule has 0 spiro atoms. The lowest BCUT2D eigenvalue weighted by Crippen LogP contribution is -2.30. The fraction of sp³-hybridized carbons (Fsp3) is 0.880. The summed E-state index contributed by atoms with van der Waals surface area (Å²) in [5.41, 5.74) is 0. The van der Waals surface area contributed by atoms with Gasteiger partial charge in [-0.05, 0) is 51.4 Å². The second-order valence-electron chi connectivity index (χ2n) is 24.8. The highest BCUT2D eigenvalue weighted by Crippen LogP contribution is 2.19. The monoisotopic (exact) mass is 1140 g/mol. The topological polar surface area (TPSA) is 78.9 Å². The summed E-state index contributed by atoms with van der Waals surface area (Å²) in [6.45, 7) is 6.60. The van der Waals surface area contributed by atoms with E-state index in [9.17, 15) is 14.4 Å². The normalized spacial score (nSPS) is 12.2. The van der Waals surface area contributed by atoms with Gasteiger partial charge < -0.3 is 14.2 Å². The van der Waals surface area contributed by atoms with E-state index in [-0.39, 0.29) is 31.1 Å². The van der Waals surface area contributed by atoms with E-state index in [2.05, 4.69) is 57.2 Å². The van der Waals surface area contributed by atoms with Gasteiger partial charge >= 0.3 is 17.9 Å². The lowest BCUT2D eigenvalue weighted by molar-refractivity contribution is -0.167. The molecule has 0 amide bonds. The van der Waals surface area contributed by atoms with Gasteiger partial charge in [0.25, 0.3) is 0 Å². The highest BCUT2D eigenvalue weighted by molar-refractivity contribution is 5.71. The van der Waals surface area contributed by atoms with Crippen molar-refractivity contribution in [2.75, 3.05) is 13.2 Å². The Labute approximate surface area is 506 Å². The Morgan fingerprint density at radius 3 is 0.753 bits per heavy atom. The van der Waals surface area contributed by atoms with Crippen molar-refractivity contribution in [3.05, 3.63) is 36.5 Å². The van der Waals surface area contributed by atoms with Gasteiger partial charge in [0.2, 0.25) is 0 Å². The SMILES string of the molecule is CC/C=C\C/C=C\C/C=C\CCCCCCCC(=O)OCC(COC(=O)CCCCCCCCCCCCCCCCCCCCCCCCCCCCCCCC)OC(=O)CCCCCCCCCCCCCCCCCCCC. The lowest BCUT2D eigenvalue weighted by Gasteiger charge is -2.18. The number of ether oxygens (including phenoxy) is 3. The smallest absolute Gasteiger partial charge is 0.306 e. The van der Waals surface area contributed by atoms with Crippen molar-refractivity contribution in [1.29, 1.82) is 0 Å². The molecule has 1 unspecified atom stereocenters. The maximum absolute atomic E-state index is 12.9. The van der Waals surface area contributed by atoms with Crippen molar-refractivity contribution < 1.29 is 28.6 Å². The van der Waals surface area contributed by atoms with Crippen LogP contribution in [0.2, 0.25) is 0 Å². The van der Waals surface area contributed by atoms with Crippen molar-refractivity contribution in [3.63, 3.8) is 0 Å². The highest BCUT2D eigenvalue weighted by Gasteiger charge is 2.19. The first-order valence-corrected chi connectivity index (χ1v) is 36.5. The van der Waals surface area contributed by atoms with Crippen LogP contribution in [0.15, 0.2) is 36.5 Å². The molecule has 0 aliphatic rings. The van der Waals surface area contributed by atoms with Crippen LogP contribution in [0.1, 0.15) is 406 Å². The summed E-state index contributed by atoms with van der Waals surface area (Å²) in [5, 5.41) is 0. The van der Waals surface area contributed by atoms with E-state index >= 15 is 0 Å². The van der Waals surface area contributed by atoms with E-state index in [1.165, 1.54) is 270 Å². The van der Waals surface area contributed by atoms with E-state index in [1.807, 2.05) is 0 Å². The number of hydrogen-bond donors (Lipinski definition) is 0. The maximum Gasteiger partial charge on any atom is 0.306 e.